The molecule has 1 aliphatic carbocycles. The summed E-state index contributed by atoms with van der Waals surface area (Å²) in [7, 11) is 0. The normalized spacial score (nSPS) is 20.4. The van der Waals surface area contributed by atoms with Gasteiger partial charge in [-0.2, -0.15) is 0 Å². The summed E-state index contributed by atoms with van der Waals surface area (Å²) >= 11 is 0. The van der Waals surface area contributed by atoms with Gasteiger partial charge in [-0.05, 0) is 62.0 Å². The highest BCUT2D eigenvalue weighted by atomic mass is 14.5. The van der Waals surface area contributed by atoms with E-state index < -0.39 is 0 Å². The molecule has 0 aromatic rings. The zero-order valence-electron chi connectivity index (χ0n) is 14.6. The van der Waals surface area contributed by atoms with Crippen LogP contribution in [-0.2, 0) is 0 Å². The Balaban J connectivity index is 2.52. The third kappa shape index (κ3) is 6.05. The van der Waals surface area contributed by atoms with Crippen LogP contribution in [0.3, 0.4) is 0 Å². The molecule has 118 valence electrons. The maximum Gasteiger partial charge on any atom is 0.0109 e. The number of hydrogen-bond donors (Lipinski definition) is 1. The summed E-state index contributed by atoms with van der Waals surface area (Å²) in [6.07, 6.45) is 16.2. The highest BCUT2D eigenvalue weighted by Crippen LogP contribution is 2.37. The van der Waals surface area contributed by atoms with Crippen molar-refractivity contribution in [2.45, 2.75) is 60.3 Å². The quantitative estimate of drug-likeness (QED) is 0.610. The van der Waals surface area contributed by atoms with Gasteiger partial charge in [0.25, 0.3) is 0 Å². The molecule has 1 atom stereocenters. The van der Waals surface area contributed by atoms with Gasteiger partial charge in [-0.1, -0.05) is 56.7 Å². The van der Waals surface area contributed by atoms with Crippen LogP contribution in [-0.4, -0.2) is 6.54 Å². The molecule has 0 heterocycles. The van der Waals surface area contributed by atoms with E-state index in [0.717, 1.165) is 6.42 Å². The van der Waals surface area contributed by atoms with Crippen molar-refractivity contribution in [1.29, 1.82) is 0 Å². The van der Waals surface area contributed by atoms with Crippen LogP contribution in [0, 0.1) is 11.3 Å². The van der Waals surface area contributed by atoms with E-state index >= 15 is 0 Å². The third-order valence-electron chi connectivity index (χ3n) is 4.44. The molecular weight excluding hydrogens is 254 g/mol. The van der Waals surface area contributed by atoms with Crippen LogP contribution in [0.15, 0.2) is 47.1 Å². The first-order chi connectivity index (χ1) is 9.86. The minimum atomic E-state index is 0.273. The monoisotopic (exact) mass is 287 g/mol. The summed E-state index contributed by atoms with van der Waals surface area (Å²) in [5, 5.41) is 0. The molecule has 0 aromatic carbocycles. The van der Waals surface area contributed by atoms with Gasteiger partial charge in [0.2, 0.25) is 0 Å². The highest BCUT2D eigenvalue weighted by Gasteiger charge is 2.23. The number of rotatable bonds is 7. The van der Waals surface area contributed by atoms with E-state index in [1.807, 2.05) is 0 Å². The summed E-state index contributed by atoms with van der Waals surface area (Å²) in [6, 6.07) is 0. The summed E-state index contributed by atoms with van der Waals surface area (Å²) in [5.74, 6) is 0.637. The molecule has 0 fully saturated rings. The van der Waals surface area contributed by atoms with E-state index in [1.165, 1.54) is 36.0 Å². The lowest BCUT2D eigenvalue weighted by molar-refractivity contribution is 0.455. The zero-order valence-corrected chi connectivity index (χ0v) is 14.6. The molecule has 0 spiro atoms. The fourth-order valence-electron chi connectivity index (χ4n) is 2.98. The Morgan fingerprint density at radius 3 is 2.76 bits per heavy atom. The molecule has 0 aliphatic heterocycles. The molecule has 2 N–H and O–H groups in total. The molecule has 0 radical (unpaired) electrons. The predicted octanol–water partition coefficient (Wildman–Crippen LogP) is 5.56. The predicted molar refractivity (Wildman–Crippen MR) is 95.2 cm³/mol. The molecule has 0 amide bonds. The van der Waals surface area contributed by atoms with E-state index in [0.29, 0.717) is 12.5 Å². The number of allylic oxidation sites excluding steroid dienone is 7. The van der Waals surface area contributed by atoms with Gasteiger partial charge in [0.1, 0.15) is 0 Å². The molecule has 0 saturated heterocycles. The van der Waals surface area contributed by atoms with Gasteiger partial charge in [-0.3, -0.25) is 0 Å². The third-order valence-corrected chi connectivity index (χ3v) is 4.44. The maximum atomic E-state index is 5.53. The maximum absolute atomic E-state index is 5.53. The Hall–Kier alpha value is -1.08. The molecule has 0 bridgehead atoms. The van der Waals surface area contributed by atoms with E-state index in [2.05, 4.69) is 65.0 Å². The SMILES string of the molecule is CC1=C(/C=C/C(C)CCC/C(C)=C\CN)C(C)(C)CC=C1. The van der Waals surface area contributed by atoms with E-state index in [-0.39, 0.29) is 5.41 Å². The van der Waals surface area contributed by atoms with Gasteiger partial charge in [0.05, 0.1) is 0 Å². The van der Waals surface area contributed by atoms with Gasteiger partial charge in [0.15, 0.2) is 0 Å². The van der Waals surface area contributed by atoms with Crippen LogP contribution in [0.5, 0.6) is 0 Å². The fraction of sp³-hybridized carbons (Fsp3) is 0.600. The standard InChI is InChI=1S/C20H33N/c1-16(8-6-9-17(2)13-15-21)11-12-19-18(3)10-7-14-20(19,4)5/h7,10-13,16H,6,8-9,14-15,21H2,1-5H3/b12-11+,17-13-. The average Bonchev–Trinajstić information content (AvgIpc) is 2.37. The molecule has 1 nitrogen and oxygen atoms in total. The van der Waals surface area contributed by atoms with Gasteiger partial charge >= 0.3 is 0 Å². The van der Waals surface area contributed by atoms with Crippen LogP contribution in [0.4, 0.5) is 0 Å². The molecule has 1 heteroatoms. The van der Waals surface area contributed by atoms with Crippen molar-refractivity contribution in [2.75, 3.05) is 6.54 Å². The lowest BCUT2D eigenvalue weighted by Gasteiger charge is -2.29. The molecular formula is C20H33N. The van der Waals surface area contributed by atoms with Crippen molar-refractivity contribution in [3.63, 3.8) is 0 Å². The Bertz CT molecular complexity index is 446. The summed E-state index contributed by atoms with van der Waals surface area (Å²) in [6.45, 7) is 12.1. The van der Waals surface area contributed by atoms with E-state index in [1.54, 1.807) is 0 Å². The smallest absolute Gasteiger partial charge is 0.0109 e. The summed E-state index contributed by atoms with van der Waals surface area (Å²) in [4.78, 5) is 0. The van der Waals surface area contributed by atoms with Crippen LogP contribution in [0.25, 0.3) is 0 Å². The lowest BCUT2D eigenvalue weighted by atomic mass is 9.75. The Kier molecular flexibility index (Phi) is 7.17. The highest BCUT2D eigenvalue weighted by molar-refractivity contribution is 5.39. The van der Waals surface area contributed by atoms with Crippen LogP contribution in [0.1, 0.15) is 60.3 Å². The Labute approximate surface area is 131 Å². The first-order valence-electron chi connectivity index (χ1n) is 8.28. The largest absolute Gasteiger partial charge is 0.327 e. The summed E-state index contributed by atoms with van der Waals surface area (Å²) < 4.78 is 0. The zero-order chi connectivity index (χ0) is 15.9. The van der Waals surface area contributed by atoms with Gasteiger partial charge in [0, 0.05) is 6.54 Å². The minimum absolute atomic E-state index is 0.273. The first kappa shape index (κ1) is 18.0. The lowest BCUT2D eigenvalue weighted by Crippen LogP contribution is -2.16. The average molecular weight is 287 g/mol. The second kappa shape index (κ2) is 8.38. The van der Waals surface area contributed by atoms with E-state index in [9.17, 15) is 0 Å². The van der Waals surface area contributed by atoms with Crippen LogP contribution in [0.2, 0.25) is 0 Å². The Morgan fingerprint density at radius 2 is 2.14 bits per heavy atom. The van der Waals surface area contributed by atoms with Crippen molar-refractivity contribution >= 4 is 0 Å². The Morgan fingerprint density at radius 1 is 1.43 bits per heavy atom. The van der Waals surface area contributed by atoms with Crippen molar-refractivity contribution in [1.82, 2.24) is 0 Å². The minimum Gasteiger partial charge on any atom is -0.327 e. The number of hydrogen-bond acceptors (Lipinski definition) is 1. The second-order valence-electron chi connectivity index (χ2n) is 7.10. The topological polar surface area (TPSA) is 26.0 Å². The van der Waals surface area contributed by atoms with Crippen molar-refractivity contribution in [3.8, 4) is 0 Å². The summed E-state index contributed by atoms with van der Waals surface area (Å²) in [5.41, 5.74) is 10.1. The molecule has 1 aliphatic rings. The first-order valence-corrected chi connectivity index (χ1v) is 8.28. The van der Waals surface area contributed by atoms with Crippen LogP contribution >= 0.6 is 0 Å². The number of nitrogens with two attached hydrogens (primary N) is 1. The molecule has 21 heavy (non-hydrogen) atoms. The van der Waals surface area contributed by atoms with Crippen LogP contribution < -0.4 is 5.73 Å². The van der Waals surface area contributed by atoms with Crippen molar-refractivity contribution in [2.24, 2.45) is 17.1 Å². The molecule has 0 aromatic heterocycles. The fourth-order valence-corrected chi connectivity index (χ4v) is 2.98. The van der Waals surface area contributed by atoms with Crippen molar-refractivity contribution < 1.29 is 0 Å². The van der Waals surface area contributed by atoms with Gasteiger partial charge < -0.3 is 5.73 Å². The van der Waals surface area contributed by atoms with E-state index in [4.69, 9.17) is 5.73 Å². The van der Waals surface area contributed by atoms with Crippen molar-refractivity contribution in [3.05, 3.63) is 47.1 Å². The van der Waals surface area contributed by atoms with Gasteiger partial charge in [-0.15, -0.1) is 0 Å². The molecule has 0 saturated carbocycles. The second-order valence-corrected chi connectivity index (χ2v) is 7.10. The molecule has 1 unspecified atom stereocenters. The molecule has 1 rings (SSSR count). The van der Waals surface area contributed by atoms with Gasteiger partial charge in [-0.25, -0.2) is 0 Å².